The largest absolute Gasteiger partial charge is 0.348 e. The summed E-state index contributed by atoms with van der Waals surface area (Å²) in [5.74, 6) is -0.286. The zero-order valence-electron chi connectivity index (χ0n) is 19.3. The Morgan fingerprint density at radius 3 is 2.12 bits per heavy atom. The van der Waals surface area contributed by atoms with Crippen molar-refractivity contribution >= 4 is 21.6 Å². The number of para-hydroxylation sites is 2. The Morgan fingerprint density at radius 2 is 1.50 bits per heavy atom. The van der Waals surface area contributed by atoms with Gasteiger partial charge < -0.3 is 5.32 Å². The van der Waals surface area contributed by atoms with E-state index >= 15 is 0 Å². The van der Waals surface area contributed by atoms with Gasteiger partial charge in [-0.2, -0.15) is 5.10 Å². The number of anilines is 1. The molecule has 4 aromatic rings. The van der Waals surface area contributed by atoms with Crippen LogP contribution in [-0.4, -0.2) is 31.2 Å². The van der Waals surface area contributed by atoms with Crippen LogP contribution in [0, 0.1) is 13.8 Å². The van der Waals surface area contributed by atoms with Crippen molar-refractivity contribution in [3.63, 3.8) is 0 Å². The lowest BCUT2D eigenvalue weighted by molar-refractivity contribution is 0.0950. The summed E-state index contributed by atoms with van der Waals surface area (Å²) in [4.78, 5) is 12.9. The van der Waals surface area contributed by atoms with Gasteiger partial charge in [-0.15, -0.1) is 0 Å². The van der Waals surface area contributed by atoms with Crippen LogP contribution < -0.4 is 9.62 Å². The molecule has 34 heavy (non-hydrogen) atoms. The first-order valence-corrected chi connectivity index (χ1v) is 12.3. The molecule has 0 aliphatic carbocycles. The number of amides is 1. The number of nitrogens with one attached hydrogen (secondary N) is 1. The van der Waals surface area contributed by atoms with E-state index in [2.05, 4.69) is 10.4 Å². The molecule has 0 aliphatic rings. The fraction of sp³-hybridized carbons (Fsp3) is 0.154. The number of carbonyl (C=O) groups is 1. The molecular formula is C26H26N4O3S. The molecule has 1 amide bonds. The van der Waals surface area contributed by atoms with Gasteiger partial charge in [0.05, 0.1) is 22.0 Å². The highest BCUT2D eigenvalue weighted by Gasteiger charge is 2.21. The normalized spacial score (nSPS) is 11.3. The van der Waals surface area contributed by atoms with E-state index in [0.29, 0.717) is 17.8 Å². The lowest BCUT2D eigenvalue weighted by atomic mass is 10.1. The van der Waals surface area contributed by atoms with Crippen LogP contribution >= 0.6 is 0 Å². The second kappa shape index (κ2) is 9.52. The van der Waals surface area contributed by atoms with Crippen molar-refractivity contribution in [1.29, 1.82) is 0 Å². The molecule has 0 unspecified atom stereocenters. The van der Waals surface area contributed by atoms with E-state index < -0.39 is 10.0 Å². The number of nitrogens with zero attached hydrogens (tertiary/aromatic N) is 3. The molecule has 174 valence electrons. The Labute approximate surface area is 199 Å². The van der Waals surface area contributed by atoms with Crippen molar-refractivity contribution in [1.82, 2.24) is 15.1 Å². The number of rotatable bonds is 7. The molecule has 1 aromatic heterocycles. The topological polar surface area (TPSA) is 84.3 Å². The maximum absolute atomic E-state index is 12.9. The molecule has 4 rings (SSSR count). The number of carbonyl (C=O) groups excluding carboxylic acids is 1. The van der Waals surface area contributed by atoms with Gasteiger partial charge in [0.1, 0.15) is 0 Å². The Morgan fingerprint density at radius 1 is 0.912 bits per heavy atom. The van der Waals surface area contributed by atoms with E-state index in [-0.39, 0.29) is 10.8 Å². The molecule has 0 fully saturated rings. The molecule has 0 saturated carbocycles. The molecule has 0 radical (unpaired) electrons. The van der Waals surface area contributed by atoms with E-state index in [0.717, 1.165) is 22.6 Å². The number of aromatic nitrogens is 2. The van der Waals surface area contributed by atoms with Crippen molar-refractivity contribution in [2.75, 3.05) is 11.4 Å². The lowest BCUT2D eigenvalue weighted by Gasteiger charge is -2.19. The van der Waals surface area contributed by atoms with Crippen molar-refractivity contribution in [2.24, 2.45) is 0 Å². The number of sulfonamides is 1. The van der Waals surface area contributed by atoms with Crippen molar-refractivity contribution in [2.45, 2.75) is 25.3 Å². The molecule has 7 nitrogen and oxygen atoms in total. The summed E-state index contributed by atoms with van der Waals surface area (Å²) in [6.45, 7) is 4.20. The van der Waals surface area contributed by atoms with Crippen molar-refractivity contribution < 1.29 is 13.2 Å². The zero-order valence-corrected chi connectivity index (χ0v) is 20.1. The van der Waals surface area contributed by atoms with Gasteiger partial charge in [-0.3, -0.25) is 9.10 Å². The van der Waals surface area contributed by atoms with Gasteiger partial charge in [0, 0.05) is 30.4 Å². The smallest absolute Gasteiger partial charge is 0.264 e. The Balaban J connectivity index is 1.47. The predicted molar refractivity (Wildman–Crippen MR) is 133 cm³/mol. The molecule has 0 aliphatic heterocycles. The van der Waals surface area contributed by atoms with E-state index in [4.69, 9.17) is 0 Å². The van der Waals surface area contributed by atoms with Gasteiger partial charge >= 0.3 is 0 Å². The van der Waals surface area contributed by atoms with Gasteiger partial charge in [0.2, 0.25) is 0 Å². The summed E-state index contributed by atoms with van der Waals surface area (Å²) in [5.41, 5.74) is 4.64. The number of benzene rings is 3. The summed E-state index contributed by atoms with van der Waals surface area (Å²) in [5, 5.41) is 7.52. The summed E-state index contributed by atoms with van der Waals surface area (Å²) < 4.78 is 29.0. The third kappa shape index (κ3) is 4.58. The van der Waals surface area contributed by atoms with Crippen LogP contribution in [0.2, 0.25) is 0 Å². The molecule has 3 aromatic carbocycles. The molecule has 0 atom stereocenters. The summed E-state index contributed by atoms with van der Waals surface area (Å²) >= 11 is 0. The fourth-order valence-electron chi connectivity index (χ4n) is 3.74. The highest BCUT2D eigenvalue weighted by molar-refractivity contribution is 7.92. The van der Waals surface area contributed by atoms with Crippen molar-refractivity contribution in [3.8, 4) is 5.69 Å². The highest BCUT2D eigenvalue weighted by atomic mass is 32.2. The van der Waals surface area contributed by atoms with Crippen LogP contribution in [0.15, 0.2) is 89.8 Å². The van der Waals surface area contributed by atoms with Crippen LogP contribution in [0.5, 0.6) is 0 Å². The van der Waals surface area contributed by atoms with E-state index in [1.54, 1.807) is 24.3 Å². The minimum absolute atomic E-state index is 0.117. The second-order valence-electron chi connectivity index (χ2n) is 7.91. The first-order valence-electron chi connectivity index (χ1n) is 10.8. The molecule has 0 bridgehead atoms. The number of hydrogen-bond donors (Lipinski definition) is 1. The molecule has 0 spiro atoms. The van der Waals surface area contributed by atoms with Crippen LogP contribution in [0.4, 0.5) is 5.69 Å². The van der Waals surface area contributed by atoms with Gasteiger partial charge in [0.15, 0.2) is 0 Å². The fourth-order valence-corrected chi connectivity index (χ4v) is 4.93. The average Bonchev–Trinajstić information content (AvgIpc) is 3.16. The van der Waals surface area contributed by atoms with E-state index in [1.807, 2.05) is 54.9 Å². The average molecular weight is 475 g/mol. The molecule has 1 heterocycles. The molecule has 0 saturated heterocycles. The minimum Gasteiger partial charge on any atom is -0.348 e. The lowest BCUT2D eigenvalue weighted by Crippen LogP contribution is -2.27. The summed E-state index contributed by atoms with van der Waals surface area (Å²) in [7, 11) is -2.23. The highest BCUT2D eigenvalue weighted by Crippen LogP contribution is 2.22. The van der Waals surface area contributed by atoms with Gasteiger partial charge in [-0.25, -0.2) is 13.1 Å². The monoisotopic (exact) mass is 474 g/mol. The Kier molecular flexibility index (Phi) is 6.51. The summed E-state index contributed by atoms with van der Waals surface area (Å²) in [6, 6.07) is 24.6. The van der Waals surface area contributed by atoms with E-state index in [1.165, 1.54) is 35.6 Å². The molecule has 1 N–H and O–H groups in total. The number of hydrogen-bond acceptors (Lipinski definition) is 4. The quantitative estimate of drug-likeness (QED) is 0.434. The van der Waals surface area contributed by atoms with Gasteiger partial charge in [-0.05, 0) is 62.4 Å². The van der Waals surface area contributed by atoms with Crippen molar-refractivity contribution in [3.05, 3.63) is 107 Å². The zero-order chi connectivity index (χ0) is 24.3. The molecule has 8 heteroatoms. The van der Waals surface area contributed by atoms with Crippen LogP contribution in [0.25, 0.3) is 5.69 Å². The first-order chi connectivity index (χ1) is 16.3. The van der Waals surface area contributed by atoms with E-state index in [9.17, 15) is 13.2 Å². The standard InChI is InChI=1S/C26H26N4O3S/c1-19-25(20(2)30(28-19)23-12-8-5-9-13-23)18-27-26(31)21-14-16-24(17-15-21)34(32,33)29(3)22-10-6-4-7-11-22/h4-17H,18H2,1-3H3,(H,27,31). The third-order valence-corrected chi connectivity index (χ3v) is 7.56. The van der Waals surface area contributed by atoms with Crippen LogP contribution in [0.3, 0.4) is 0 Å². The maximum Gasteiger partial charge on any atom is 0.264 e. The predicted octanol–water partition coefficient (Wildman–Crippen LogP) is 4.24. The van der Waals surface area contributed by atoms with Gasteiger partial charge in [-0.1, -0.05) is 36.4 Å². The maximum atomic E-state index is 12.9. The first kappa shape index (κ1) is 23.3. The second-order valence-corrected chi connectivity index (χ2v) is 9.88. The SMILES string of the molecule is Cc1nn(-c2ccccc2)c(C)c1CNC(=O)c1ccc(S(=O)(=O)N(C)c2ccccc2)cc1. The van der Waals surface area contributed by atoms with Gasteiger partial charge in [0.25, 0.3) is 15.9 Å². The minimum atomic E-state index is -3.73. The number of aryl methyl sites for hydroxylation is 1. The Bertz CT molecular complexity index is 1400. The Hall–Kier alpha value is -3.91. The summed E-state index contributed by atoms with van der Waals surface area (Å²) in [6.07, 6.45) is 0. The van der Waals surface area contributed by atoms with Crippen LogP contribution in [0.1, 0.15) is 27.3 Å². The van der Waals surface area contributed by atoms with Crippen LogP contribution in [-0.2, 0) is 16.6 Å². The molecular weight excluding hydrogens is 448 g/mol. The third-order valence-electron chi connectivity index (χ3n) is 5.76.